The van der Waals surface area contributed by atoms with Crippen LogP contribution >= 0.6 is 0 Å². The number of nitrogens with zero attached hydrogens (tertiary/aromatic N) is 2. The molecule has 0 radical (unpaired) electrons. The SMILES string of the molecule is CC(CNC(C)C)Cc1cnn(C)c1. The second-order valence-corrected chi connectivity index (χ2v) is 4.39. The van der Waals surface area contributed by atoms with E-state index < -0.39 is 0 Å². The minimum Gasteiger partial charge on any atom is -0.314 e. The summed E-state index contributed by atoms with van der Waals surface area (Å²) in [6, 6.07) is 0.575. The molecule has 3 nitrogen and oxygen atoms in total. The van der Waals surface area contributed by atoms with E-state index in [9.17, 15) is 0 Å². The van der Waals surface area contributed by atoms with Crippen LogP contribution in [0.25, 0.3) is 0 Å². The van der Waals surface area contributed by atoms with Crippen LogP contribution in [0, 0.1) is 5.92 Å². The van der Waals surface area contributed by atoms with Gasteiger partial charge in [0.2, 0.25) is 0 Å². The highest BCUT2D eigenvalue weighted by molar-refractivity contribution is 5.04. The summed E-state index contributed by atoms with van der Waals surface area (Å²) in [4.78, 5) is 0. The predicted molar refractivity (Wildman–Crippen MR) is 59.2 cm³/mol. The summed E-state index contributed by atoms with van der Waals surface area (Å²) in [7, 11) is 1.96. The maximum atomic E-state index is 4.16. The van der Waals surface area contributed by atoms with Crippen molar-refractivity contribution in [3.8, 4) is 0 Å². The van der Waals surface area contributed by atoms with Crippen LogP contribution in [0.1, 0.15) is 26.3 Å². The average molecular weight is 195 g/mol. The normalized spacial score (nSPS) is 13.5. The van der Waals surface area contributed by atoms with Gasteiger partial charge in [-0.1, -0.05) is 20.8 Å². The minimum absolute atomic E-state index is 0.575. The maximum Gasteiger partial charge on any atom is 0.0521 e. The second kappa shape index (κ2) is 5.15. The smallest absolute Gasteiger partial charge is 0.0521 e. The summed E-state index contributed by atoms with van der Waals surface area (Å²) in [5.74, 6) is 0.668. The molecule has 0 spiro atoms. The third kappa shape index (κ3) is 3.92. The van der Waals surface area contributed by atoms with E-state index in [2.05, 4.69) is 37.4 Å². The van der Waals surface area contributed by atoms with Gasteiger partial charge in [0.05, 0.1) is 6.20 Å². The lowest BCUT2D eigenvalue weighted by Crippen LogP contribution is -2.28. The molecular weight excluding hydrogens is 174 g/mol. The Morgan fingerprint density at radius 1 is 1.43 bits per heavy atom. The quantitative estimate of drug-likeness (QED) is 0.773. The summed E-state index contributed by atoms with van der Waals surface area (Å²) in [5.41, 5.74) is 1.32. The number of hydrogen-bond acceptors (Lipinski definition) is 2. The molecule has 3 heteroatoms. The van der Waals surface area contributed by atoms with Gasteiger partial charge in [0.25, 0.3) is 0 Å². The fraction of sp³-hybridized carbons (Fsp3) is 0.727. The minimum atomic E-state index is 0.575. The van der Waals surface area contributed by atoms with Gasteiger partial charge in [-0.3, -0.25) is 4.68 Å². The van der Waals surface area contributed by atoms with Crippen LogP contribution in [-0.2, 0) is 13.5 Å². The van der Waals surface area contributed by atoms with E-state index >= 15 is 0 Å². The topological polar surface area (TPSA) is 29.9 Å². The molecule has 0 fully saturated rings. The molecule has 14 heavy (non-hydrogen) atoms. The van der Waals surface area contributed by atoms with Crippen molar-refractivity contribution in [3.63, 3.8) is 0 Å². The zero-order valence-corrected chi connectivity index (χ0v) is 9.62. The summed E-state index contributed by atoms with van der Waals surface area (Å²) in [5, 5.41) is 7.61. The highest BCUT2D eigenvalue weighted by atomic mass is 15.2. The third-order valence-corrected chi connectivity index (χ3v) is 2.22. The first-order valence-electron chi connectivity index (χ1n) is 5.29. The molecule has 0 saturated heterocycles. The van der Waals surface area contributed by atoms with Gasteiger partial charge in [0.1, 0.15) is 0 Å². The lowest BCUT2D eigenvalue weighted by atomic mass is 10.0. The molecule has 0 aliphatic rings. The first kappa shape index (κ1) is 11.2. The zero-order valence-electron chi connectivity index (χ0n) is 9.62. The zero-order chi connectivity index (χ0) is 10.6. The summed E-state index contributed by atoms with van der Waals surface area (Å²) in [6.45, 7) is 7.70. The Bertz CT molecular complexity index is 265. The Morgan fingerprint density at radius 3 is 2.64 bits per heavy atom. The molecule has 1 heterocycles. The first-order valence-corrected chi connectivity index (χ1v) is 5.29. The fourth-order valence-corrected chi connectivity index (χ4v) is 1.49. The predicted octanol–water partition coefficient (Wildman–Crippen LogP) is 1.60. The second-order valence-electron chi connectivity index (χ2n) is 4.39. The van der Waals surface area contributed by atoms with E-state index in [1.807, 2.05) is 17.9 Å². The van der Waals surface area contributed by atoms with Crippen molar-refractivity contribution >= 4 is 0 Å². The molecule has 80 valence electrons. The Kier molecular flexibility index (Phi) is 4.14. The summed E-state index contributed by atoms with van der Waals surface area (Å²) in [6.07, 6.45) is 5.14. The summed E-state index contributed by atoms with van der Waals surface area (Å²) >= 11 is 0. The van der Waals surface area contributed by atoms with Crippen LogP contribution in [0.2, 0.25) is 0 Å². The number of aromatic nitrogens is 2. The molecule has 1 unspecified atom stereocenters. The number of aryl methyl sites for hydroxylation is 1. The molecule has 0 bridgehead atoms. The third-order valence-electron chi connectivity index (χ3n) is 2.22. The largest absolute Gasteiger partial charge is 0.314 e. The van der Waals surface area contributed by atoms with Crippen LogP contribution in [0.5, 0.6) is 0 Å². The van der Waals surface area contributed by atoms with Crippen LogP contribution in [0.15, 0.2) is 12.4 Å². The van der Waals surface area contributed by atoms with Gasteiger partial charge in [-0.2, -0.15) is 5.10 Å². The van der Waals surface area contributed by atoms with Crippen molar-refractivity contribution in [2.24, 2.45) is 13.0 Å². The van der Waals surface area contributed by atoms with E-state index in [0.717, 1.165) is 13.0 Å². The fourth-order valence-electron chi connectivity index (χ4n) is 1.49. The van der Waals surface area contributed by atoms with E-state index in [4.69, 9.17) is 0 Å². The van der Waals surface area contributed by atoms with Crippen LogP contribution in [-0.4, -0.2) is 22.4 Å². The highest BCUT2D eigenvalue weighted by Crippen LogP contribution is 2.06. The van der Waals surface area contributed by atoms with Crippen molar-refractivity contribution < 1.29 is 0 Å². The van der Waals surface area contributed by atoms with Gasteiger partial charge in [-0.15, -0.1) is 0 Å². The monoisotopic (exact) mass is 195 g/mol. The van der Waals surface area contributed by atoms with Crippen LogP contribution in [0.4, 0.5) is 0 Å². The Hall–Kier alpha value is -0.830. The Morgan fingerprint density at radius 2 is 2.14 bits per heavy atom. The molecule has 1 rings (SSSR count). The molecule has 1 atom stereocenters. The van der Waals surface area contributed by atoms with Crippen molar-refractivity contribution in [1.29, 1.82) is 0 Å². The lowest BCUT2D eigenvalue weighted by Gasteiger charge is -2.13. The molecule has 1 N–H and O–H groups in total. The molecule has 1 aromatic rings. The van der Waals surface area contributed by atoms with Crippen molar-refractivity contribution in [2.45, 2.75) is 33.2 Å². The Balaban J connectivity index is 2.30. The van der Waals surface area contributed by atoms with Crippen molar-refractivity contribution in [2.75, 3.05) is 6.54 Å². The maximum absolute atomic E-state index is 4.16. The molecular formula is C11H21N3. The first-order chi connectivity index (χ1) is 6.58. The molecule has 0 amide bonds. The molecule has 1 aromatic heterocycles. The van der Waals surface area contributed by atoms with E-state index in [1.165, 1.54) is 5.56 Å². The van der Waals surface area contributed by atoms with Gasteiger partial charge in [0.15, 0.2) is 0 Å². The van der Waals surface area contributed by atoms with Gasteiger partial charge in [0, 0.05) is 19.3 Å². The molecule has 0 saturated carbocycles. The van der Waals surface area contributed by atoms with Crippen LogP contribution < -0.4 is 5.32 Å². The number of hydrogen-bond donors (Lipinski definition) is 1. The molecule has 0 aromatic carbocycles. The summed E-state index contributed by atoms with van der Waals surface area (Å²) < 4.78 is 1.86. The van der Waals surface area contributed by atoms with Crippen molar-refractivity contribution in [1.82, 2.24) is 15.1 Å². The molecule has 0 aliphatic heterocycles. The standard InChI is InChI=1S/C11H21N3/c1-9(2)12-6-10(3)5-11-7-13-14(4)8-11/h7-10,12H,5-6H2,1-4H3. The molecule has 0 aliphatic carbocycles. The van der Waals surface area contributed by atoms with Gasteiger partial charge < -0.3 is 5.32 Å². The Labute approximate surface area is 86.5 Å². The number of nitrogens with one attached hydrogen (secondary N) is 1. The number of rotatable bonds is 5. The van der Waals surface area contributed by atoms with Gasteiger partial charge >= 0.3 is 0 Å². The van der Waals surface area contributed by atoms with Crippen LogP contribution in [0.3, 0.4) is 0 Å². The highest BCUT2D eigenvalue weighted by Gasteiger charge is 2.05. The van der Waals surface area contributed by atoms with Crippen molar-refractivity contribution in [3.05, 3.63) is 18.0 Å². The van der Waals surface area contributed by atoms with E-state index in [0.29, 0.717) is 12.0 Å². The van der Waals surface area contributed by atoms with Gasteiger partial charge in [-0.25, -0.2) is 0 Å². The van der Waals surface area contributed by atoms with Gasteiger partial charge in [-0.05, 0) is 24.4 Å². The van der Waals surface area contributed by atoms with E-state index in [1.54, 1.807) is 0 Å². The van der Waals surface area contributed by atoms with E-state index in [-0.39, 0.29) is 0 Å². The lowest BCUT2D eigenvalue weighted by molar-refractivity contribution is 0.476. The average Bonchev–Trinajstić information content (AvgIpc) is 2.48.